The molecule has 20 nitrogen and oxygen atoms in total. The Morgan fingerprint density at radius 2 is 1.00 bits per heavy atom. The first kappa shape index (κ1) is 42.8. The van der Waals surface area contributed by atoms with E-state index in [1.54, 1.807) is 48.5 Å². The van der Waals surface area contributed by atoms with Crippen molar-refractivity contribution >= 4 is 79.5 Å². The number of nitrogens with zero attached hydrogens (tertiary/aromatic N) is 8. The summed E-state index contributed by atoms with van der Waals surface area (Å²) in [6.07, 6.45) is -1.33. The summed E-state index contributed by atoms with van der Waals surface area (Å²) in [4.78, 5) is 76.3. The number of hydrogen-bond acceptors (Lipinski definition) is 16. The number of anilines is 2. The van der Waals surface area contributed by atoms with E-state index in [0.29, 0.717) is 32.9 Å². The van der Waals surface area contributed by atoms with Gasteiger partial charge in [0.25, 0.3) is 23.6 Å². The molecular weight excluding hydrogens is 813 g/mol. The van der Waals surface area contributed by atoms with Gasteiger partial charge < -0.3 is 20.1 Å². The molecule has 0 radical (unpaired) electrons. The number of amides is 6. The normalized spacial score (nSPS) is 16.5. The van der Waals surface area contributed by atoms with Gasteiger partial charge in [-0.15, -0.1) is 0 Å². The maximum Gasteiger partial charge on any atom is 0.282 e. The minimum atomic E-state index is -4.03. The summed E-state index contributed by atoms with van der Waals surface area (Å²) in [5.74, 6) is -3.68. The van der Waals surface area contributed by atoms with Crippen molar-refractivity contribution in [1.82, 2.24) is 10.0 Å². The number of imide groups is 2. The molecule has 2 N–H and O–H groups in total. The third-order valence-electron chi connectivity index (χ3n) is 8.87. The van der Waals surface area contributed by atoms with Crippen LogP contribution in [-0.4, -0.2) is 91.6 Å². The Morgan fingerprint density at radius 3 is 1.36 bits per heavy atom. The molecule has 312 valence electrons. The molecule has 4 aromatic carbocycles. The molecule has 2 aliphatic rings. The summed E-state index contributed by atoms with van der Waals surface area (Å²) in [5, 5.41) is 30.3. The van der Waals surface area contributed by atoms with Gasteiger partial charge in [-0.25, -0.2) is 8.42 Å². The predicted molar refractivity (Wildman–Crippen MR) is 217 cm³/mol. The molecule has 21 heteroatoms. The third kappa shape index (κ3) is 10.1. The second kappa shape index (κ2) is 18.4. The summed E-state index contributed by atoms with van der Waals surface area (Å²) in [6.45, 7) is 2.95. The second-order valence-electron chi connectivity index (χ2n) is 13.2. The van der Waals surface area contributed by atoms with Crippen molar-refractivity contribution in [2.24, 2.45) is 30.7 Å². The van der Waals surface area contributed by atoms with E-state index in [0.717, 1.165) is 0 Å². The van der Waals surface area contributed by atoms with E-state index in [1.807, 2.05) is 0 Å². The zero-order valence-corrected chi connectivity index (χ0v) is 33.7. The highest BCUT2D eigenvalue weighted by Gasteiger charge is 2.39. The van der Waals surface area contributed by atoms with Crippen molar-refractivity contribution in [2.45, 2.75) is 48.6 Å². The lowest BCUT2D eigenvalue weighted by atomic mass is 10.2. The van der Waals surface area contributed by atoms with Crippen LogP contribution in [0.5, 0.6) is 11.5 Å². The molecule has 0 aliphatic carbocycles. The monoisotopic (exact) mass is 848 g/mol. The van der Waals surface area contributed by atoms with Crippen molar-refractivity contribution < 1.29 is 46.7 Å². The predicted octanol–water partition coefficient (Wildman–Crippen LogP) is 4.99. The molecule has 0 bridgehead atoms. The van der Waals surface area contributed by atoms with Gasteiger partial charge in [0.15, 0.2) is 12.1 Å². The summed E-state index contributed by atoms with van der Waals surface area (Å²) in [5.41, 5.74) is 1.53. The van der Waals surface area contributed by atoms with E-state index in [-0.39, 0.29) is 32.6 Å². The molecule has 6 amide bonds. The van der Waals surface area contributed by atoms with Crippen LogP contribution in [0, 0.1) is 0 Å². The molecule has 2 atom stereocenters. The molecule has 0 fully saturated rings. The van der Waals surface area contributed by atoms with E-state index < -0.39 is 70.2 Å². The number of carbonyl (C=O) groups is 6. The largest absolute Gasteiger partial charge is 0.497 e. The molecule has 0 spiro atoms. The average molecular weight is 849 g/mol. The van der Waals surface area contributed by atoms with Crippen molar-refractivity contribution in [3.63, 3.8) is 0 Å². The van der Waals surface area contributed by atoms with Gasteiger partial charge in [-0.3, -0.25) is 28.8 Å². The number of azo groups is 2. The van der Waals surface area contributed by atoms with Gasteiger partial charge in [-0.1, -0.05) is 12.1 Å². The number of benzene rings is 4. The first-order valence-electron chi connectivity index (χ1n) is 18.2. The van der Waals surface area contributed by atoms with Crippen LogP contribution in [0.2, 0.25) is 0 Å². The fourth-order valence-electron chi connectivity index (χ4n) is 5.74. The van der Waals surface area contributed by atoms with Crippen LogP contribution in [0.3, 0.4) is 0 Å². The number of nitrogens with one attached hydrogen (secondary N) is 2. The highest BCUT2D eigenvalue weighted by atomic mass is 32.2. The van der Waals surface area contributed by atoms with Crippen molar-refractivity contribution in [3.05, 3.63) is 97.1 Å². The van der Waals surface area contributed by atoms with Crippen LogP contribution in [0.4, 0.5) is 22.7 Å². The first-order valence-corrected chi connectivity index (χ1v) is 19.6. The van der Waals surface area contributed by atoms with E-state index in [1.165, 1.54) is 76.6 Å². The summed E-state index contributed by atoms with van der Waals surface area (Å²) in [6, 6.07) is 21.3. The SMILES string of the molecule is COc1cccc(NC(=O)CC(=O)N2N=C(C)C(N=Nc3ccc(S(=O)(=O)c4ccc(N=NC5C(=O)N(C(=O)CC(=O)Nc6cccc(OC)c6)N=C5C)cc4)cc3)C2=O)c1. The Kier molecular flexibility index (Phi) is 12.9. The van der Waals surface area contributed by atoms with Crippen molar-refractivity contribution in [2.75, 3.05) is 24.9 Å². The van der Waals surface area contributed by atoms with Crippen LogP contribution < -0.4 is 20.1 Å². The lowest BCUT2D eigenvalue weighted by Gasteiger charge is -2.11. The summed E-state index contributed by atoms with van der Waals surface area (Å²) < 4.78 is 37.0. The molecule has 6 rings (SSSR count). The molecule has 2 unspecified atom stereocenters. The molecule has 0 saturated heterocycles. The molecule has 2 aliphatic heterocycles. The maximum absolute atomic E-state index is 13.4. The smallest absolute Gasteiger partial charge is 0.282 e. The molecule has 4 aromatic rings. The van der Waals surface area contributed by atoms with Gasteiger partial charge in [0.1, 0.15) is 24.3 Å². The first-order chi connectivity index (χ1) is 29.2. The number of ether oxygens (including phenoxy) is 2. The van der Waals surface area contributed by atoms with Crippen LogP contribution in [0.15, 0.2) is 138 Å². The van der Waals surface area contributed by atoms with Gasteiger partial charge in [0.2, 0.25) is 21.7 Å². The minimum Gasteiger partial charge on any atom is -0.497 e. The number of hydrogen-bond donors (Lipinski definition) is 2. The molecule has 0 saturated carbocycles. The lowest BCUT2D eigenvalue weighted by Crippen LogP contribution is -2.36. The highest BCUT2D eigenvalue weighted by Crippen LogP contribution is 2.27. The molecule has 0 aromatic heterocycles. The number of methoxy groups -OCH3 is 2. The second-order valence-corrected chi connectivity index (χ2v) is 15.2. The number of carbonyl (C=O) groups excluding carboxylic acids is 6. The Bertz CT molecular complexity index is 2470. The lowest BCUT2D eigenvalue weighted by molar-refractivity contribution is -0.146. The van der Waals surface area contributed by atoms with Crippen LogP contribution >= 0.6 is 0 Å². The number of hydrazone groups is 2. The Labute approximate surface area is 347 Å². The zero-order chi connectivity index (χ0) is 43.8. The van der Waals surface area contributed by atoms with Gasteiger partial charge >= 0.3 is 0 Å². The molecule has 61 heavy (non-hydrogen) atoms. The van der Waals surface area contributed by atoms with E-state index >= 15 is 0 Å². The van der Waals surface area contributed by atoms with E-state index in [2.05, 4.69) is 41.3 Å². The fourth-order valence-corrected chi connectivity index (χ4v) is 7.00. The minimum absolute atomic E-state index is 0.0789. The quantitative estimate of drug-likeness (QED) is 0.127. The topological polar surface area (TPSA) is 260 Å². The van der Waals surface area contributed by atoms with E-state index in [4.69, 9.17) is 9.47 Å². The van der Waals surface area contributed by atoms with Crippen molar-refractivity contribution in [1.29, 1.82) is 0 Å². The number of rotatable bonds is 14. The van der Waals surface area contributed by atoms with Gasteiger partial charge in [0, 0.05) is 23.5 Å². The van der Waals surface area contributed by atoms with Gasteiger partial charge in [-0.2, -0.15) is 40.7 Å². The summed E-state index contributed by atoms with van der Waals surface area (Å²) in [7, 11) is -1.09. The van der Waals surface area contributed by atoms with E-state index in [9.17, 15) is 37.2 Å². The Hall–Kier alpha value is -7.81. The Morgan fingerprint density at radius 1 is 0.623 bits per heavy atom. The van der Waals surface area contributed by atoms with Crippen LogP contribution in [-0.2, 0) is 38.6 Å². The third-order valence-corrected chi connectivity index (χ3v) is 10.7. The fraction of sp³-hybridized carbons (Fsp3) is 0.200. The highest BCUT2D eigenvalue weighted by molar-refractivity contribution is 7.91. The number of sulfone groups is 1. The standard InChI is InChI=1S/C40H36N10O10S/c1-23-37(39(55)49(47-23)35(53)21-33(51)41-27-7-5-9-29(19-27)59-3)45-43-25-11-15-31(16-12-25)61(57,58)32-17-13-26(14-18-32)44-46-38-24(2)48-50(40(38)56)36(54)22-34(52)42-28-8-6-10-30(20-28)60-4/h5-20,37-38H,21-22H2,1-4H3,(H,41,51)(H,42,52). The molecule has 2 heterocycles. The maximum atomic E-state index is 13.4. The summed E-state index contributed by atoms with van der Waals surface area (Å²) >= 11 is 0. The van der Waals surface area contributed by atoms with Crippen molar-refractivity contribution in [3.8, 4) is 11.5 Å². The van der Waals surface area contributed by atoms with Crippen LogP contribution in [0.1, 0.15) is 26.7 Å². The zero-order valence-electron chi connectivity index (χ0n) is 32.9. The van der Waals surface area contributed by atoms with Crippen LogP contribution in [0.25, 0.3) is 0 Å². The molecular formula is C40H36N10O10S. The Balaban J connectivity index is 1.01. The van der Waals surface area contributed by atoms with Gasteiger partial charge in [-0.05, 0) is 86.6 Å². The van der Waals surface area contributed by atoms with Gasteiger partial charge in [0.05, 0.1) is 46.8 Å². The average Bonchev–Trinajstić information content (AvgIpc) is 3.70.